The van der Waals surface area contributed by atoms with Gasteiger partial charge in [0.05, 0.1) is 28.7 Å². The summed E-state index contributed by atoms with van der Waals surface area (Å²) in [6, 6.07) is 11.6. The van der Waals surface area contributed by atoms with Gasteiger partial charge in [-0.1, -0.05) is 50.4 Å². The molecule has 0 radical (unpaired) electrons. The molecule has 0 aromatic heterocycles. The van der Waals surface area contributed by atoms with Gasteiger partial charge in [-0.25, -0.2) is 4.79 Å². The van der Waals surface area contributed by atoms with Gasteiger partial charge in [0.1, 0.15) is 12.3 Å². The predicted octanol–water partition coefficient (Wildman–Crippen LogP) is 6.15. The molecule has 1 fully saturated rings. The quantitative estimate of drug-likeness (QED) is 0.194. The first-order chi connectivity index (χ1) is 17.8. The molecule has 3 rings (SSSR count). The Hall–Kier alpha value is -3.30. The Morgan fingerprint density at radius 2 is 1.73 bits per heavy atom. The highest BCUT2D eigenvalue weighted by molar-refractivity contribution is 8.18. The topological polar surface area (TPSA) is 102 Å². The highest BCUT2D eigenvalue weighted by atomic mass is 35.5. The van der Waals surface area contributed by atoms with Crippen molar-refractivity contribution in [1.29, 1.82) is 0 Å². The molecule has 2 aromatic rings. The first kappa shape index (κ1) is 28.3. The Morgan fingerprint density at radius 1 is 1.03 bits per heavy atom. The molecule has 0 spiro atoms. The number of halogens is 1. The molecule has 3 amide bonds. The third-order valence-electron chi connectivity index (χ3n) is 5.32. The molecule has 0 aliphatic carbocycles. The molecule has 1 heterocycles. The van der Waals surface area contributed by atoms with E-state index in [0.29, 0.717) is 12.3 Å². The zero-order chi connectivity index (χ0) is 26.8. The van der Waals surface area contributed by atoms with E-state index in [2.05, 4.69) is 12.2 Å². The maximum Gasteiger partial charge on any atom is 0.339 e. The predicted molar refractivity (Wildman–Crippen MR) is 145 cm³/mol. The second-order valence-electron chi connectivity index (χ2n) is 8.27. The molecule has 0 bridgehead atoms. The van der Waals surface area contributed by atoms with Crippen LogP contribution in [-0.2, 0) is 14.3 Å². The van der Waals surface area contributed by atoms with Crippen molar-refractivity contribution in [3.05, 3.63) is 63.5 Å². The average Bonchev–Trinajstić information content (AvgIpc) is 3.13. The number of benzene rings is 2. The van der Waals surface area contributed by atoms with Crippen LogP contribution in [0.25, 0.3) is 6.08 Å². The zero-order valence-corrected chi connectivity index (χ0v) is 22.3. The minimum atomic E-state index is -0.593. The summed E-state index contributed by atoms with van der Waals surface area (Å²) < 4.78 is 10.8. The maximum atomic E-state index is 12.8. The summed E-state index contributed by atoms with van der Waals surface area (Å²) in [5.41, 5.74) is 1.14. The Labute approximate surface area is 225 Å². The molecule has 10 heteroatoms. The summed E-state index contributed by atoms with van der Waals surface area (Å²) in [7, 11) is 0. The molecule has 37 heavy (non-hydrogen) atoms. The fourth-order valence-corrected chi connectivity index (χ4v) is 4.31. The van der Waals surface area contributed by atoms with Crippen LogP contribution in [0.3, 0.4) is 0 Å². The van der Waals surface area contributed by atoms with Crippen molar-refractivity contribution in [3.8, 4) is 5.75 Å². The van der Waals surface area contributed by atoms with E-state index in [9.17, 15) is 19.2 Å². The number of amides is 3. The first-order valence-corrected chi connectivity index (χ1v) is 13.3. The number of hydrogen-bond acceptors (Lipinski definition) is 7. The number of anilines is 1. The van der Waals surface area contributed by atoms with Gasteiger partial charge in [-0.3, -0.25) is 19.3 Å². The van der Waals surface area contributed by atoms with Crippen molar-refractivity contribution in [2.45, 2.75) is 39.5 Å². The molecule has 8 nitrogen and oxygen atoms in total. The van der Waals surface area contributed by atoms with Crippen molar-refractivity contribution in [2.24, 2.45) is 0 Å². The van der Waals surface area contributed by atoms with E-state index >= 15 is 0 Å². The summed E-state index contributed by atoms with van der Waals surface area (Å²) in [6.07, 6.45) is 5.22. The van der Waals surface area contributed by atoms with Gasteiger partial charge in [0.25, 0.3) is 11.1 Å². The van der Waals surface area contributed by atoms with Gasteiger partial charge >= 0.3 is 5.97 Å². The minimum absolute atomic E-state index is 0.117. The Balaban J connectivity index is 1.61. The molecule has 2 aromatic carbocycles. The summed E-state index contributed by atoms with van der Waals surface area (Å²) in [5, 5.41) is 2.25. The maximum absolute atomic E-state index is 12.8. The number of esters is 1. The lowest BCUT2D eigenvalue weighted by Crippen LogP contribution is -2.36. The number of nitrogens with one attached hydrogen (secondary N) is 1. The Kier molecular flexibility index (Phi) is 10.6. The molecular weight excluding hydrogens is 516 g/mol. The van der Waals surface area contributed by atoms with Crippen LogP contribution in [0.5, 0.6) is 5.75 Å². The van der Waals surface area contributed by atoms with Gasteiger partial charge in [-0.2, -0.15) is 0 Å². The van der Waals surface area contributed by atoms with Crippen molar-refractivity contribution >= 4 is 58.1 Å². The van der Waals surface area contributed by atoms with E-state index < -0.39 is 29.6 Å². The van der Waals surface area contributed by atoms with Crippen LogP contribution >= 0.6 is 23.4 Å². The van der Waals surface area contributed by atoms with Gasteiger partial charge in [0.15, 0.2) is 0 Å². The number of ether oxygens (including phenoxy) is 2. The number of hydrogen-bond donors (Lipinski definition) is 1. The van der Waals surface area contributed by atoms with Crippen LogP contribution in [0.4, 0.5) is 10.5 Å². The third kappa shape index (κ3) is 8.10. The van der Waals surface area contributed by atoms with Crippen LogP contribution in [0, 0.1) is 0 Å². The smallest absolute Gasteiger partial charge is 0.339 e. The second-order valence-corrected chi connectivity index (χ2v) is 9.67. The third-order valence-corrected chi connectivity index (χ3v) is 6.56. The monoisotopic (exact) mass is 544 g/mol. The molecule has 0 atom stereocenters. The van der Waals surface area contributed by atoms with E-state index in [0.717, 1.165) is 53.7 Å². The number of rotatable bonds is 12. The van der Waals surface area contributed by atoms with Crippen molar-refractivity contribution < 1.29 is 28.7 Å². The minimum Gasteiger partial charge on any atom is -0.494 e. The average molecular weight is 545 g/mol. The van der Waals surface area contributed by atoms with Crippen LogP contribution in [-0.4, -0.2) is 47.7 Å². The summed E-state index contributed by atoms with van der Waals surface area (Å²) >= 11 is 6.88. The fourth-order valence-electron chi connectivity index (χ4n) is 3.27. The van der Waals surface area contributed by atoms with Crippen LogP contribution in [0.15, 0.2) is 47.4 Å². The molecule has 1 aliphatic rings. The van der Waals surface area contributed by atoms with Crippen molar-refractivity contribution in [3.63, 3.8) is 0 Å². The van der Waals surface area contributed by atoms with E-state index in [1.807, 2.05) is 6.92 Å². The number of unbranched alkanes of at least 4 members (excludes halogenated alkanes) is 2. The normalized spacial score (nSPS) is 14.2. The molecule has 0 unspecified atom stereocenters. The van der Waals surface area contributed by atoms with E-state index in [1.165, 1.54) is 18.2 Å². The molecular formula is C27H29ClN2O6S. The number of carbonyl (C=O) groups is 4. The first-order valence-electron chi connectivity index (χ1n) is 12.1. The van der Waals surface area contributed by atoms with E-state index in [1.54, 1.807) is 30.3 Å². The van der Waals surface area contributed by atoms with Gasteiger partial charge in [0, 0.05) is 5.69 Å². The van der Waals surface area contributed by atoms with Gasteiger partial charge in [-0.05, 0) is 66.6 Å². The standard InChI is InChI=1S/C27H29ClN2O6S/c1-3-5-13-35-20-10-7-18(8-11-20)15-23-25(32)30(27(34)37-23)17-24(31)29-19-9-12-22(28)21(16-19)26(33)36-14-6-4-2/h7-12,15-16H,3-6,13-14,17H2,1-2H3,(H,29,31)/b23-15-. The second kappa shape index (κ2) is 13.9. The van der Waals surface area contributed by atoms with Gasteiger partial charge in [-0.15, -0.1) is 0 Å². The van der Waals surface area contributed by atoms with Gasteiger partial charge < -0.3 is 14.8 Å². The van der Waals surface area contributed by atoms with Crippen LogP contribution < -0.4 is 10.1 Å². The molecule has 1 aliphatic heterocycles. The molecule has 1 N–H and O–H groups in total. The molecule has 1 saturated heterocycles. The van der Waals surface area contributed by atoms with E-state index in [4.69, 9.17) is 21.1 Å². The Bertz CT molecular complexity index is 1180. The highest BCUT2D eigenvalue weighted by Crippen LogP contribution is 2.32. The number of thioether (sulfide) groups is 1. The largest absolute Gasteiger partial charge is 0.494 e. The van der Waals surface area contributed by atoms with Crippen molar-refractivity contribution in [1.82, 2.24) is 4.90 Å². The molecule has 0 saturated carbocycles. The van der Waals surface area contributed by atoms with Crippen LogP contribution in [0.1, 0.15) is 55.5 Å². The number of nitrogens with zero attached hydrogens (tertiary/aromatic N) is 1. The summed E-state index contributed by atoms with van der Waals surface area (Å²) in [4.78, 5) is 51.2. The highest BCUT2D eigenvalue weighted by Gasteiger charge is 2.36. The lowest BCUT2D eigenvalue weighted by molar-refractivity contribution is -0.127. The zero-order valence-electron chi connectivity index (χ0n) is 20.8. The van der Waals surface area contributed by atoms with E-state index in [-0.39, 0.29) is 22.1 Å². The number of imide groups is 1. The number of carbonyl (C=O) groups excluding carboxylic acids is 4. The Morgan fingerprint density at radius 3 is 2.43 bits per heavy atom. The lowest BCUT2D eigenvalue weighted by Gasteiger charge is -2.13. The van der Waals surface area contributed by atoms with Crippen molar-refractivity contribution in [2.75, 3.05) is 25.1 Å². The SMILES string of the molecule is CCCCOC(=O)c1cc(NC(=O)CN2C(=O)S/C(=C\c3ccc(OCCCC)cc3)C2=O)ccc1Cl. The fraction of sp³-hybridized carbons (Fsp3) is 0.333. The van der Waals surface area contributed by atoms with Gasteiger partial charge in [0.2, 0.25) is 5.91 Å². The van der Waals surface area contributed by atoms with Crippen LogP contribution in [0.2, 0.25) is 5.02 Å². The summed E-state index contributed by atoms with van der Waals surface area (Å²) in [5.74, 6) is -1.00. The molecule has 196 valence electrons. The lowest BCUT2D eigenvalue weighted by atomic mass is 10.2. The summed E-state index contributed by atoms with van der Waals surface area (Å²) in [6.45, 7) is 4.50.